The van der Waals surface area contributed by atoms with Gasteiger partial charge in [0.15, 0.2) is 0 Å². The molecule has 1 heterocycles. The monoisotopic (exact) mass is 110 g/mol. The molecule has 1 nitrogen and oxygen atoms in total. The average molecular weight is 110 g/mol. The van der Waals surface area contributed by atoms with Crippen LogP contribution in [0, 0.1) is 0 Å². The minimum absolute atomic E-state index is 0.741. The van der Waals surface area contributed by atoms with E-state index in [0.717, 1.165) is 12.4 Å². The molecule has 1 aliphatic heterocycles. The summed E-state index contributed by atoms with van der Waals surface area (Å²) >= 11 is 0. The molecule has 0 saturated carbocycles. The Kier molecular flexibility index (Phi) is 1.12. The Bertz CT molecular complexity index is 154. The van der Waals surface area contributed by atoms with Gasteiger partial charge in [-0.2, -0.15) is 0 Å². The fourth-order valence-electron chi connectivity index (χ4n) is 0.650. The number of hydrogen-bond donors (Lipinski definition) is 0. The van der Waals surface area contributed by atoms with Crippen LogP contribution in [0.25, 0.3) is 0 Å². The van der Waals surface area contributed by atoms with Gasteiger partial charge in [-0.25, -0.2) is 0 Å². The Balaban J connectivity index is 2.86. The van der Waals surface area contributed by atoms with Crippen LogP contribution >= 0.6 is 0 Å². The molecule has 8 heavy (non-hydrogen) atoms. The molecule has 0 amide bonds. The van der Waals surface area contributed by atoms with Gasteiger partial charge in [-0.05, 0) is 25.0 Å². The highest BCUT2D eigenvalue weighted by Crippen LogP contribution is 2.21. The lowest BCUT2D eigenvalue weighted by Gasteiger charge is -1.93. The number of hydrogen-bond acceptors (Lipinski definition) is 1. The Morgan fingerprint density at radius 1 is 1.50 bits per heavy atom. The minimum Gasteiger partial charge on any atom is -0.490 e. The van der Waals surface area contributed by atoms with Gasteiger partial charge < -0.3 is 4.74 Å². The molecule has 0 aromatic rings. The fourth-order valence-corrected chi connectivity index (χ4v) is 0.650. The van der Waals surface area contributed by atoms with Crippen LogP contribution in [0.3, 0.4) is 0 Å². The van der Waals surface area contributed by atoms with Crippen molar-refractivity contribution < 1.29 is 4.74 Å². The van der Waals surface area contributed by atoms with E-state index in [2.05, 4.69) is 13.5 Å². The second-order valence-electron chi connectivity index (χ2n) is 2.12. The average Bonchev–Trinajstić information content (AvgIpc) is 1.98. The smallest absolute Gasteiger partial charge is 0.115 e. The lowest BCUT2D eigenvalue weighted by Crippen LogP contribution is -1.79. The Labute approximate surface area is 49.7 Å². The Hall–Kier alpha value is -0.720. The van der Waals surface area contributed by atoms with Crippen LogP contribution in [0.4, 0.5) is 0 Å². The van der Waals surface area contributed by atoms with Crippen molar-refractivity contribution in [2.24, 2.45) is 0 Å². The van der Waals surface area contributed by atoms with Crippen molar-refractivity contribution in [1.29, 1.82) is 0 Å². The summed E-state index contributed by atoms with van der Waals surface area (Å²) in [4.78, 5) is 0. The van der Waals surface area contributed by atoms with Crippen molar-refractivity contribution in [3.63, 3.8) is 0 Å². The predicted octanol–water partition coefficient (Wildman–Crippen LogP) is 1.87. The molecule has 0 radical (unpaired) electrons. The molecule has 0 fully saturated rings. The fraction of sp³-hybridized carbons (Fsp3) is 0.429. The van der Waals surface area contributed by atoms with Crippen LogP contribution < -0.4 is 0 Å². The summed E-state index contributed by atoms with van der Waals surface area (Å²) in [6.07, 6.45) is 0. The number of ether oxygens (including phenoxy) is 1. The Morgan fingerprint density at radius 3 is 2.25 bits per heavy atom. The summed E-state index contributed by atoms with van der Waals surface area (Å²) in [5, 5.41) is 0. The summed E-state index contributed by atoms with van der Waals surface area (Å²) in [6, 6.07) is 0. The summed E-state index contributed by atoms with van der Waals surface area (Å²) in [5.74, 6) is 0.836. The molecule has 1 heteroatoms. The van der Waals surface area contributed by atoms with Crippen molar-refractivity contribution in [3.05, 3.63) is 23.5 Å². The van der Waals surface area contributed by atoms with Crippen LogP contribution in [-0.2, 0) is 4.74 Å². The first kappa shape index (κ1) is 5.42. The molecular weight excluding hydrogens is 100 g/mol. The number of allylic oxidation sites excluding steroid dienone is 1. The summed E-state index contributed by atoms with van der Waals surface area (Å²) < 4.78 is 5.11. The topological polar surface area (TPSA) is 9.23 Å². The first-order valence-corrected chi connectivity index (χ1v) is 2.70. The van der Waals surface area contributed by atoms with Gasteiger partial charge in [0.1, 0.15) is 12.4 Å². The van der Waals surface area contributed by atoms with Crippen molar-refractivity contribution in [3.8, 4) is 0 Å². The summed E-state index contributed by atoms with van der Waals surface area (Å²) in [5.41, 5.74) is 2.51. The molecule has 0 bridgehead atoms. The first-order chi connectivity index (χ1) is 3.72. The highest BCUT2D eigenvalue weighted by molar-refractivity contribution is 5.30. The summed E-state index contributed by atoms with van der Waals surface area (Å²) in [7, 11) is 0. The molecule has 44 valence electrons. The molecule has 0 atom stereocenters. The largest absolute Gasteiger partial charge is 0.490 e. The van der Waals surface area contributed by atoms with Gasteiger partial charge in [0.05, 0.1) is 0 Å². The van der Waals surface area contributed by atoms with Crippen molar-refractivity contribution >= 4 is 0 Å². The van der Waals surface area contributed by atoms with Crippen LogP contribution in [-0.4, -0.2) is 6.61 Å². The van der Waals surface area contributed by atoms with E-state index in [4.69, 9.17) is 4.74 Å². The van der Waals surface area contributed by atoms with Gasteiger partial charge in [0, 0.05) is 0 Å². The van der Waals surface area contributed by atoms with Crippen molar-refractivity contribution in [1.82, 2.24) is 0 Å². The molecule has 1 aliphatic rings. The predicted molar refractivity (Wildman–Crippen MR) is 33.5 cm³/mol. The highest BCUT2D eigenvalue weighted by atomic mass is 16.5. The first-order valence-electron chi connectivity index (χ1n) is 2.70. The van der Waals surface area contributed by atoms with Crippen molar-refractivity contribution in [2.75, 3.05) is 6.61 Å². The minimum atomic E-state index is 0.741. The second-order valence-corrected chi connectivity index (χ2v) is 2.12. The Morgan fingerprint density at radius 2 is 2.12 bits per heavy atom. The molecule has 0 aliphatic carbocycles. The van der Waals surface area contributed by atoms with E-state index in [1.807, 2.05) is 6.92 Å². The SMILES string of the molecule is C=C1OCC(C)=C1C. The van der Waals surface area contributed by atoms with Gasteiger partial charge in [-0.1, -0.05) is 6.58 Å². The highest BCUT2D eigenvalue weighted by Gasteiger charge is 2.09. The van der Waals surface area contributed by atoms with E-state index in [9.17, 15) is 0 Å². The van der Waals surface area contributed by atoms with Gasteiger partial charge in [0.25, 0.3) is 0 Å². The maximum atomic E-state index is 5.11. The maximum absolute atomic E-state index is 5.11. The molecule has 0 spiro atoms. The zero-order chi connectivity index (χ0) is 6.15. The van der Waals surface area contributed by atoms with Crippen LogP contribution in [0.2, 0.25) is 0 Å². The third-order valence-corrected chi connectivity index (χ3v) is 1.52. The van der Waals surface area contributed by atoms with E-state index in [0.29, 0.717) is 0 Å². The lowest BCUT2D eigenvalue weighted by atomic mass is 10.2. The van der Waals surface area contributed by atoms with Crippen molar-refractivity contribution in [2.45, 2.75) is 13.8 Å². The lowest BCUT2D eigenvalue weighted by molar-refractivity contribution is 0.272. The third-order valence-electron chi connectivity index (χ3n) is 1.52. The van der Waals surface area contributed by atoms with E-state index >= 15 is 0 Å². The molecule has 0 N–H and O–H groups in total. The second kappa shape index (κ2) is 1.66. The zero-order valence-electron chi connectivity index (χ0n) is 5.32. The molecular formula is C7H10O. The maximum Gasteiger partial charge on any atom is 0.115 e. The normalized spacial score (nSPS) is 19.5. The van der Waals surface area contributed by atoms with Crippen LogP contribution in [0.1, 0.15) is 13.8 Å². The van der Waals surface area contributed by atoms with Gasteiger partial charge >= 0.3 is 0 Å². The molecule has 0 aromatic carbocycles. The molecule has 0 unspecified atom stereocenters. The summed E-state index contributed by atoms with van der Waals surface area (Å²) in [6.45, 7) is 8.54. The number of rotatable bonds is 0. The van der Waals surface area contributed by atoms with Gasteiger partial charge in [-0.15, -0.1) is 0 Å². The third kappa shape index (κ3) is 0.641. The quantitative estimate of drug-likeness (QED) is 0.462. The zero-order valence-corrected chi connectivity index (χ0v) is 5.32. The van der Waals surface area contributed by atoms with Crippen LogP contribution in [0.15, 0.2) is 23.5 Å². The van der Waals surface area contributed by atoms with E-state index < -0.39 is 0 Å². The standard InChI is InChI=1S/C7H10O/c1-5-4-8-7(3)6(5)2/h3-4H2,1-2H3. The molecule has 0 aromatic heterocycles. The molecule has 0 saturated heterocycles. The van der Waals surface area contributed by atoms with E-state index in [1.165, 1.54) is 11.1 Å². The van der Waals surface area contributed by atoms with E-state index in [-0.39, 0.29) is 0 Å². The van der Waals surface area contributed by atoms with Gasteiger partial charge in [0.2, 0.25) is 0 Å². The van der Waals surface area contributed by atoms with E-state index in [1.54, 1.807) is 0 Å². The van der Waals surface area contributed by atoms with Gasteiger partial charge in [-0.3, -0.25) is 0 Å². The molecule has 1 rings (SSSR count). The van der Waals surface area contributed by atoms with Crippen LogP contribution in [0.5, 0.6) is 0 Å².